The number of carbonyl (C=O) groups excluding carboxylic acids is 1. The number of para-hydroxylation sites is 1. The van der Waals surface area contributed by atoms with Gasteiger partial charge in [0.1, 0.15) is 36.9 Å². The minimum atomic E-state index is -1.24. The minimum Gasteiger partial charge on any atom is -0.492 e. The Balaban J connectivity index is 1.40. The third kappa shape index (κ3) is 8.04. The van der Waals surface area contributed by atoms with E-state index in [1.54, 1.807) is 4.90 Å². The summed E-state index contributed by atoms with van der Waals surface area (Å²) < 4.78 is 18.8. The molecule has 0 unspecified atom stereocenters. The molecule has 1 fully saturated rings. The van der Waals surface area contributed by atoms with Gasteiger partial charge in [0.15, 0.2) is 0 Å². The summed E-state index contributed by atoms with van der Waals surface area (Å²) in [6.45, 7) is 5.50. The van der Waals surface area contributed by atoms with Gasteiger partial charge in [-0.1, -0.05) is 30.3 Å². The molecule has 37 heavy (non-hydrogen) atoms. The number of rotatable bonds is 11. The summed E-state index contributed by atoms with van der Waals surface area (Å²) in [4.78, 5) is 16.4. The third-order valence-electron chi connectivity index (χ3n) is 6.22. The largest absolute Gasteiger partial charge is 0.492 e. The zero-order valence-corrected chi connectivity index (χ0v) is 21.6. The van der Waals surface area contributed by atoms with Crippen LogP contribution in [0.25, 0.3) is 0 Å². The topological polar surface area (TPSA) is 89.3 Å². The lowest BCUT2D eigenvalue weighted by atomic mass is 10.0. The second kappa shape index (κ2) is 12.7. The first kappa shape index (κ1) is 26.7. The van der Waals surface area contributed by atoms with Crippen molar-refractivity contribution in [2.45, 2.75) is 25.6 Å². The van der Waals surface area contributed by atoms with Crippen LogP contribution in [0.3, 0.4) is 0 Å². The first-order chi connectivity index (χ1) is 17.9. The van der Waals surface area contributed by atoms with Gasteiger partial charge < -0.3 is 24.2 Å². The summed E-state index contributed by atoms with van der Waals surface area (Å²) >= 11 is 0. The van der Waals surface area contributed by atoms with Gasteiger partial charge in [0.2, 0.25) is 5.91 Å². The van der Waals surface area contributed by atoms with Crippen LogP contribution < -0.4 is 9.47 Å². The second-order valence-corrected chi connectivity index (χ2v) is 9.56. The summed E-state index contributed by atoms with van der Waals surface area (Å²) in [5.74, 6) is 1.32. The average Bonchev–Trinajstić information content (AvgIpc) is 3.23. The van der Waals surface area contributed by atoms with Crippen LogP contribution in [0, 0.1) is 6.92 Å². The normalized spacial score (nSPS) is 18.4. The van der Waals surface area contributed by atoms with Crippen molar-refractivity contribution < 1.29 is 24.1 Å². The highest BCUT2D eigenvalue weighted by Gasteiger charge is 2.37. The molecule has 0 bridgehead atoms. The van der Waals surface area contributed by atoms with Gasteiger partial charge in [0, 0.05) is 39.5 Å². The van der Waals surface area contributed by atoms with Crippen molar-refractivity contribution in [3.63, 3.8) is 0 Å². The Bertz CT molecular complexity index is 1140. The molecule has 1 N–H and O–H groups in total. The fourth-order valence-electron chi connectivity index (χ4n) is 4.47. The van der Waals surface area contributed by atoms with Gasteiger partial charge in [0.25, 0.3) is 0 Å². The first-order valence-electron chi connectivity index (χ1n) is 12.5. The maximum absolute atomic E-state index is 12.6. The van der Waals surface area contributed by atoms with Crippen LogP contribution in [0.2, 0.25) is 0 Å². The van der Waals surface area contributed by atoms with Crippen LogP contribution in [0.4, 0.5) is 0 Å². The van der Waals surface area contributed by atoms with Crippen molar-refractivity contribution in [2.24, 2.45) is 0 Å². The molecule has 0 saturated carbocycles. The molecule has 9 heteroatoms. The summed E-state index contributed by atoms with van der Waals surface area (Å²) in [6.07, 6.45) is 3.82. The van der Waals surface area contributed by atoms with Crippen LogP contribution in [-0.4, -0.2) is 89.3 Å². The molecule has 1 saturated heterocycles. The van der Waals surface area contributed by atoms with Crippen LogP contribution in [-0.2, 0) is 22.6 Å². The number of nitrogens with zero attached hydrogens (tertiary/aromatic N) is 4. The maximum atomic E-state index is 12.6. The summed E-state index contributed by atoms with van der Waals surface area (Å²) in [5, 5.41) is 15.9. The fourth-order valence-corrected chi connectivity index (χ4v) is 4.47. The molecular weight excluding hydrogens is 472 g/mol. The van der Waals surface area contributed by atoms with Gasteiger partial charge in [-0.3, -0.25) is 14.4 Å². The zero-order valence-electron chi connectivity index (χ0n) is 21.6. The van der Waals surface area contributed by atoms with Gasteiger partial charge in [0.05, 0.1) is 19.3 Å². The Morgan fingerprint density at radius 3 is 2.62 bits per heavy atom. The van der Waals surface area contributed by atoms with Crippen molar-refractivity contribution in [1.29, 1.82) is 0 Å². The SMILES string of the molecule is COCC(=O)N1CCN(Cc2cccc(OCCn3cc(C)cn3)c2)C[C@@](O)(COc2ccccc2)C1. The van der Waals surface area contributed by atoms with E-state index in [1.807, 2.05) is 78.6 Å². The number of aliphatic hydroxyl groups is 1. The molecule has 0 spiro atoms. The van der Waals surface area contributed by atoms with Gasteiger partial charge in [-0.25, -0.2) is 0 Å². The Morgan fingerprint density at radius 2 is 1.86 bits per heavy atom. The van der Waals surface area contributed by atoms with Crippen LogP contribution in [0.1, 0.15) is 11.1 Å². The average molecular weight is 509 g/mol. The molecule has 1 aliphatic rings. The maximum Gasteiger partial charge on any atom is 0.248 e. The predicted octanol–water partition coefficient (Wildman–Crippen LogP) is 2.37. The van der Waals surface area contributed by atoms with Gasteiger partial charge in [-0.05, 0) is 42.3 Å². The number of benzene rings is 2. The summed E-state index contributed by atoms with van der Waals surface area (Å²) in [6, 6.07) is 17.4. The van der Waals surface area contributed by atoms with E-state index < -0.39 is 5.60 Å². The lowest BCUT2D eigenvalue weighted by molar-refractivity contribution is -0.138. The highest BCUT2D eigenvalue weighted by molar-refractivity contribution is 5.77. The van der Waals surface area contributed by atoms with E-state index in [1.165, 1.54) is 7.11 Å². The highest BCUT2D eigenvalue weighted by atomic mass is 16.5. The lowest BCUT2D eigenvalue weighted by Gasteiger charge is -2.33. The molecule has 2 aromatic carbocycles. The van der Waals surface area contributed by atoms with Gasteiger partial charge in [-0.2, -0.15) is 5.10 Å². The lowest BCUT2D eigenvalue weighted by Crippen LogP contribution is -2.52. The molecule has 1 aromatic heterocycles. The van der Waals surface area contributed by atoms with Crippen molar-refractivity contribution in [2.75, 3.05) is 53.1 Å². The zero-order chi connectivity index (χ0) is 26.1. The van der Waals surface area contributed by atoms with E-state index in [-0.39, 0.29) is 25.7 Å². The number of aromatic nitrogens is 2. The van der Waals surface area contributed by atoms with Crippen molar-refractivity contribution >= 4 is 5.91 Å². The Morgan fingerprint density at radius 1 is 1.05 bits per heavy atom. The smallest absolute Gasteiger partial charge is 0.248 e. The van der Waals surface area contributed by atoms with Crippen molar-refractivity contribution in [1.82, 2.24) is 19.6 Å². The van der Waals surface area contributed by atoms with Gasteiger partial charge >= 0.3 is 0 Å². The van der Waals surface area contributed by atoms with Crippen molar-refractivity contribution in [3.05, 3.63) is 78.1 Å². The number of amides is 1. The van der Waals surface area contributed by atoms with Crippen molar-refractivity contribution in [3.8, 4) is 11.5 Å². The molecule has 1 amide bonds. The van der Waals surface area contributed by atoms with E-state index >= 15 is 0 Å². The van der Waals surface area contributed by atoms with Gasteiger partial charge in [-0.15, -0.1) is 0 Å². The van der Waals surface area contributed by atoms with Crippen LogP contribution >= 0.6 is 0 Å². The summed E-state index contributed by atoms with van der Waals surface area (Å²) in [7, 11) is 1.50. The molecular formula is C28H36N4O5. The number of methoxy groups -OCH3 is 1. The molecule has 0 aliphatic carbocycles. The Kier molecular flexibility index (Phi) is 9.16. The monoisotopic (exact) mass is 508 g/mol. The third-order valence-corrected chi connectivity index (χ3v) is 6.22. The van der Waals surface area contributed by atoms with E-state index in [4.69, 9.17) is 14.2 Å². The predicted molar refractivity (Wildman–Crippen MR) is 140 cm³/mol. The number of hydrogen-bond donors (Lipinski definition) is 1. The van der Waals surface area contributed by atoms with E-state index in [0.29, 0.717) is 45.1 Å². The molecule has 1 atom stereocenters. The number of hydrogen-bond acceptors (Lipinski definition) is 7. The quantitative estimate of drug-likeness (QED) is 0.425. The standard InChI is InChI=1S/C28H36N4O5/c1-23-16-29-32(17-23)13-14-36-26-10-6-7-24(15-26)18-30-11-12-31(27(33)19-35-2)21-28(34,20-30)22-37-25-8-4-3-5-9-25/h3-10,15-17,34H,11-14,18-22H2,1-2H3/t28-/m0/s1. The highest BCUT2D eigenvalue weighted by Crippen LogP contribution is 2.21. The summed E-state index contributed by atoms with van der Waals surface area (Å²) in [5.41, 5.74) is 0.942. The molecule has 1 aliphatic heterocycles. The second-order valence-electron chi connectivity index (χ2n) is 9.56. The molecule has 2 heterocycles. The van der Waals surface area contributed by atoms with E-state index in [2.05, 4.69) is 10.00 Å². The van der Waals surface area contributed by atoms with E-state index in [0.717, 1.165) is 16.9 Å². The molecule has 4 rings (SSSR count). The van der Waals surface area contributed by atoms with Crippen LogP contribution in [0.15, 0.2) is 67.0 Å². The first-order valence-corrected chi connectivity index (χ1v) is 12.5. The number of β-amino-alcohol motifs (C(OH)–C–C–N with tert-alkyl or cyclic N) is 1. The molecule has 3 aromatic rings. The molecule has 198 valence electrons. The molecule has 0 radical (unpaired) electrons. The van der Waals surface area contributed by atoms with Crippen LogP contribution in [0.5, 0.6) is 11.5 Å². The van der Waals surface area contributed by atoms with E-state index in [9.17, 15) is 9.90 Å². The minimum absolute atomic E-state index is 0.0207. The number of ether oxygens (including phenoxy) is 3. The fraction of sp³-hybridized carbons (Fsp3) is 0.429. The number of carbonyl (C=O) groups is 1. The Hall–Kier alpha value is -3.40. The molecule has 9 nitrogen and oxygen atoms in total. The number of aryl methyl sites for hydroxylation is 1. The Labute approximate surface area is 218 Å².